The summed E-state index contributed by atoms with van der Waals surface area (Å²) in [7, 11) is 3.24. The molecule has 69 heavy (non-hydrogen) atoms. The summed E-state index contributed by atoms with van der Waals surface area (Å²) in [6, 6.07) is 26.6. The van der Waals surface area contributed by atoms with E-state index in [-0.39, 0.29) is 40.7 Å². The molecule has 0 bridgehead atoms. The predicted molar refractivity (Wildman–Crippen MR) is 273 cm³/mol. The third-order valence-electron chi connectivity index (χ3n) is 13.3. The topological polar surface area (TPSA) is 106 Å². The van der Waals surface area contributed by atoms with Crippen LogP contribution in [0.4, 0.5) is 0 Å². The van der Waals surface area contributed by atoms with E-state index in [0.29, 0.717) is 63.5 Å². The van der Waals surface area contributed by atoms with Crippen LogP contribution < -0.4 is 24.4 Å². The van der Waals surface area contributed by atoms with Crippen LogP contribution in [0, 0.1) is 5.92 Å². The van der Waals surface area contributed by atoms with Gasteiger partial charge in [0.25, 0.3) is 0 Å². The van der Waals surface area contributed by atoms with Crippen molar-refractivity contribution in [1.82, 2.24) is 9.47 Å². The number of carbonyl (C=O) groups excluding carboxylic acids is 2. The molecule has 11 nitrogen and oxygen atoms in total. The van der Waals surface area contributed by atoms with Crippen LogP contribution in [0.1, 0.15) is 62.0 Å². The van der Waals surface area contributed by atoms with Gasteiger partial charge in [-0.1, -0.05) is 104 Å². The van der Waals surface area contributed by atoms with Gasteiger partial charge < -0.3 is 37.6 Å². The SMILES string of the molecule is C=C/C(=C\C=C/C)C(OC(=O)C1=C(C[N+]2(Cc3cn(CC)c4cc(OCc5ccc(OC)cc5)c(OCc5ccc(OC)cc5)c(Cl)c4c3=O)CCCC2)CSC2[C@H](C)C(=C=O)N12)c1ccccc1. The molecule has 0 spiro atoms. The molecule has 358 valence electrons. The molecule has 3 aliphatic heterocycles. The number of methoxy groups -OCH3 is 2. The minimum absolute atomic E-state index is 0.0803. The number of allylic oxidation sites excluding steroid dienone is 3. The summed E-state index contributed by atoms with van der Waals surface area (Å²) in [5, 5.41) is 0.407. The van der Waals surface area contributed by atoms with Crippen LogP contribution >= 0.6 is 23.4 Å². The van der Waals surface area contributed by atoms with Gasteiger partial charge in [-0.15, -0.1) is 11.8 Å². The molecule has 0 saturated carbocycles. The van der Waals surface area contributed by atoms with Crippen molar-refractivity contribution in [1.29, 1.82) is 0 Å². The fourth-order valence-electron chi connectivity index (χ4n) is 9.65. The van der Waals surface area contributed by atoms with Gasteiger partial charge in [0.2, 0.25) is 0 Å². The number of hydrogen-bond donors (Lipinski definition) is 0. The van der Waals surface area contributed by atoms with Gasteiger partial charge in [-0.05, 0) is 60.4 Å². The number of nitrogens with zero attached hydrogens (tertiary/aromatic N) is 3. The number of esters is 1. The summed E-state index contributed by atoms with van der Waals surface area (Å²) in [5.74, 6) is 4.26. The summed E-state index contributed by atoms with van der Waals surface area (Å²) in [6.07, 6.45) is 10.5. The normalized spacial score (nSPS) is 18.1. The zero-order valence-corrected chi connectivity index (χ0v) is 41.4. The van der Waals surface area contributed by atoms with E-state index in [1.165, 1.54) is 0 Å². The number of ether oxygens (including phenoxy) is 5. The van der Waals surface area contributed by atoms with Crippen LogP contribution in [0.2, 0.25) is 5.02 Å². The highest BCUT2D eigenvalue weighted by atomic mass is 35.5. The van der Waals surface area contributed by atoms with Crippen molar-refractivity contribution in [3.05, 3.63) is 182 Å². The fraction of sp³-hybridized carbons (Fsp3) is 0.321. The summed E-state index contributed by atoms with van der Waals surface area (Å²) in [4.78, 5) is 44.4. The number of halogens is 1. The number of aromatic nitrogens is 1. The molecule has 2 saturated heterocycles. The van der Waals surface area contributed by atoms with Crippen LogP contribution in [-0.2, 0) is 40.6 Å². The Morgan fingerprint density at radius 3 is 2.20 bits per heavy atom. The van der Waals surface area contributed by atoms with E-state index >= 15 is 4.79 Å². The number of carbonyl (C=O) groups is 1. The molecule has 13 heteroatoms. The Labute approximate surface area is 413 Å². The van der Waals surface area contributed by atoms with E-state index in [1.807, 2.05) is 140 Å². The van der Waals surface area contributed by atoms with E-state index < -0.39 is 12.1 Å². The molecule has 4 aromatic carbocycles. The molecule has 0 radical (unpaired) electrons. The number of aryl methyl sites for hydroxylation is 1. The highest BCUT2D eigenvalue weighted by molar-refractivity contribution is 8.00. The van der Waals surface area contributed by atoms with Crippen molar-refractivity contribution in [2.75, 3.05) is 39.6 Å². The van der Waals surface area contributed by atoms with Crippen molar-refractivity contribution in [3.8, 4) is 23.0 Å². The summed E-state index contributed by atoms with van der Waals surface area (Å²) in [6.45, 7) is 13.4. The van der Waals surface area contributed by atoms with Crippen LogP contribution in [0.25, 0.3) is 10.9 Å². The lowest BCUT2D eigenvalue weighted by Gasteiger charge is -2.51. The number of rotatable bonds is 19. The number of likely N-dealkylation sites (tertiary alicyclic amines) is 1. The van der Waals surface area contributed by atoms with Crippen LogP contribution in [0.3, 0.4) is 0 Å². The Bertz CT molecular complexity index is 2900. The molecular weight excluding hydrogens is 910 g/mol. The van der Waals surface area contributed by atoms with Gasteiger partial charge >= 0.3 is 5.97 Å². The number of hydrogen-bond acceptors (Lipinski definition) is 10. The van der Waals surface area contributed by atoms with E-state index in [4.69, 9.17) is 35.3 Å². The van der Waals surface area contributed by atoms with Crippen molar-refractivity contribution in [3.63, 3.8) is 0 Å². The van der Waals surface area contributed by atoms with Gasteiger partial charge in [-0.3, -0.25) is 4.79 Å². The minimum atomic E-state index is -0.750. The van der Waals surface area contributed by atoms with Crippen LogP contribution in [0.15, 0.2) is 149 Å². The monoisotopic (exact) mass is 968 g/mol. The largest absolute Gasteiger partial charge is 0.497 e. The maximum absolute atomic E-state index is 15.1. The number of benzene rings is 4. The second-order valence-electron chi connectivity index (χ2n) is 17.7. The Kier molecular flexibility index (Phi) is 15.6. The molecule has 5 aromatic rings. The molecule has 0 amide bonds. The molecular formula is C56H59ClN3O8S+. The van der Waals surface area contributed by atoms with E-state index in [9.17, 15) is 9.59 Å². The average molecular weight is 970 g/mol. The lowest BCUT2D eigenvalue weighted by molar-refractivity contribution is -0.925. The third-order valence-corrected chi connectivity index (χ3v) is 15.1. The zero-order chi connectivity index (χ0) is 48.7. The molecule has 2 unspecified atom stereocenters. The first kappa shape index (κ1) is 49.0. The molecule has 2 fully saturated rings. The molecule has 3 atom stereocenters. The van der Waals surface area contributed by atoms with Crippen LogP contribution in [-0.4, -0.2) is 70.8 Å². The fourth-order valence-corrected chi connectivity index (χ4v) is 11.4. The van der Waals surface area contributed by atoms with Crippen molar-refractivity contribution < 1.29 is 37.8 Å². The second kappa shape index (κ2) is 21.9. The molecule has 8 rings (SSSR count). The minimum Gasteiger partial charge on any atom is -0.497 e. The standard InChI is InChI=1S/C56H59ClN3O8S/c1-7-10-16-40(8-2)53(41-17-12-11-13-18-41)68-56(63)51-43(36-69-55-37(4)47(33-61)59(51)55)32-60(27-14-15-28-60)31-42-30-58(9-3)46-29-48(66-34-38-19-23-44(64-5)24-20-38)54(50(57)49(46)52(42)62)67-35-39-21-25-45(65-6)26-22-39/h7-8,10-13,16-26,29-30,37,53,55H,2,9,14-15,27-28,31-32,34-36H2,1,3-6H3/q+1/b10-7-,40-16+/t37-,53?,55?/m1/s1. The maximum Gasteiger partial charge on any atom is 0.356 e. The molecule has 4 heterocycles. The van der Waals surface area contributed by atoms with Gasteiger partial charge in [0, 0.05) is 48.9 Å². The van der Waals surface area contributed by atoms with Crippen molar-refractivity contribution >= 4 is 46.2 Å². The lowest BCUT2D eigenvalue weighted by Crippen LogP contribution is -2.56. The Balaban J connectivity index is 1.18. The zero-order valence-electron chi connectivity index (χ0n) is 39.9. The highest BCUT2D eigenvalue weighted by Gasteiger charge is 2.51. The van der Waals surface area contributed by atoms with Gasteiger partial charge in [-0.25, -0.2) is 9.59 Å². The van der Waals surface area contributed by atoms with Crippen molar-refractivity contribution in [2.24, 2.45) is 5.92 Å². The van der Waals surface area contributed by atoms with E-state index in [2.05, 4.69) is 12.5 Å². The Hall–Kier alpha value is -6.43. The third kappa shape index (κ3) is 10.3. The second-order valence-corrected chi connectivity index (χ2v) is 19.1. The van der Waals surface area contributed by atoms with E-state index in [0.717, 1.165) is 65.3 Å². The maximum atomic E-state index is 15.1. The molecule has 3 aliphatic rings. The van der Waals surface area contributed by atoms with Crippen LogP contribution in [0.5, 0.6) is 23.0 Å². The average Bonchev–Trinajstić information content (AvgIpc) is 3.84. The number of fused-ring (bicyclic) bond motifs is 2. The highest BCUT2D eigenvalue weighted by Crippen LogP contribution is 2.50. The number of quaternary nitrogens is 1. The summed E-state index contributed by atoms with van der Waals surface area (Å²) >= 11 is 9.11. The first-order valence-electron chi connectivity index (χ1n) is 23.4. The quantitative estimate of drug-likeness (QED) is 0.0344. The molecule has 1 aromatic heterocycles. The summed E-state index contributed by atoms with van der Waals surface area (Å²) < 4.78 is 32.8. The predicted octanol–water partition coefficient (Wildman–Crippen LogP) is 10.9. The Morgan fingerprint density at radius 2 is 1.61 bits per heavy atom. The number of pyridine rings is 1. The Morgan fingerprint density at radius 1 is 0.957 bits per heavy atom. The molecule has 0 N–H and O–H groups in total. The van der Waals surface area contributed by atoms with Gasteiger partial charge in [0.1, 0.15) is 55.1 Å². The van der Waals surface area contributed by atoms with E-state index in [1.54, 1.807) is 32.1 Å². The van der Waals surface area contributed by atoms with Gasteiger partial charge in [0.05, 0.1) is 54.2 Å². The van der Waals surface area contributed by atoms with Gasteiger partial charge in [0.15, 0.2) is 23.0 Å². The van der Waals surface area contributed by atoms with Gasteiger partial charge in [-0.2, -0.15) is 0 Å². The summed E-state index contributed by atoms with van der Waals surface area (Å²) in [5.41, 5.74) is 6.03. The molecule has 0 aliphatic carbocycles. The lowest BCUT2D eigenvalue weighted by atomic mass is 9.94. The smallest absolute Gasteiger partial charge is 0.356 e. The van der Waals surface area contributed by atoms with Crippen molar-refractivity contribution in [2.45, 2.75) is 71.4 Å². The first-order chi connectivity index (χ1) is 33.5. The first-order valence-corrected chi connectivity index (χ1v) is 24.8. The number of thioether (sulfide) groups is 1.